The molecule has 1 aromatic heterocycles. The summed E-state index contributed by atoms with van der Waals surface area (Å²) in [7, 11) is 0. The molecule has 1 N–H and O–H groups in total. The van der Waals surface area contributed by atoms with Gasteiger partial charge >= 0.3 is 5.97 Å². The Morgan fingerprint density at radius 1 is 1.19 bits per heavy atom. The van der Waals surface area contributed by atoms with Crippen LogP contribution < -0.4 is 9.80 Å². The van der Waals surface area contributed by atoms with Crippen molar-refractivity contribution in [1.29, 1.82) is 0 Å². The summed E-state index contributed by atoms with van der Waals surface area (Å²) in [6.45, 7) is 7.53. The maximum atomic E-state index is 11.2. The van der Waals surface area contributed by atoms with Crippen LogP contribution in [-0.2, 0) is 11.2 Å². The third-order valence-electron chi connectivity index (χ3n) is 7.55. The molecule has 4 unspecified atom stereocenters. The van der Waals surface area contributed by atoms with Gasteiger partial charge in [-0.25, -0.2) is 4.98 Å². The minimum atomic E-state index is -0.648. The van der Waals surface area contributed by atoms with Crippen LogP contribution in [0.4, 0.5) is 11.8 Å². The Balaban J connectivity index is 1.46. The number of carbonyl (C=O) groups is 1. The van der Waals surface area contributed by atoms with Gasteiger partial charge in [-0.15, -0.1) is 0 Å². The Kier molecular flexibility index (Phi) is 4.06. The number of aliphatic carboxylic acids is 1. The van der Waals surface area contributed by atoms with E-state index in [1.165, 1.54) is 36.9 Å². The van der Waals surface area contributed by atoms with E-state index < -0.39 is 5.97 Å². The van der Waals surface area contributed by atoms with Gasteiger partial charge < -0.3 is 14.9 Å². The van der Waals surface area contributed by atoms with Crippen LogP contribution in [0.25, 0.3) is 0 Å². The van der Waals surface area contributed by atoms with Gasteiger partial charge in [0.1, 0.15) is 5.82 Å². The predicted octanol–water partition coefficient (Wildman–Crippen LogP) is 3.06. The highest BCUT2D eigenvalue weighted by atomic mass is 16.4. The van der Waals surface area contributed by atoms with Crippen molar-refractivity contribution in [1.82, 2.24) is 9.97 Å². The van der Waals surface area contributed by atoms with Crippen LogP contribution in [0, 0.1) is 17.8 Å². The highest BCUT2D eigenvalue weighted by Gasteiger charge is 2.48. The van der Waals surface area contributed by atoms with Crippen molar-refractivity contribution < 1.29 is 9.90 Å². The minimum absolute atomic E-state index is 0.332. The van der Waals surface area contributed by atoms with E-state index in [4.69, 9.17) is 9.97 Å². The number of nitrogens with zero attached hydrogens (tertiary/aromatic N) is 4. The second kappa shape index (κ2) is 6.35. The summed E-state index contributed by atoms with van der Waals surface area (Å²) in [4.78, 5) is 26.1. The molecule has 146 valence electrons. The normalized spacial score (nSPS) is 34.5. The van der Waals surface area contributed by atoms with E-state index >= 15 is 0 Å². The molecule has 6 heteroatoms. The second-order valence-corrected chi connectivity index (χ2v) is 9.26. The zero-order valence-corrected chi connectivity index (χ0v) is 16.4. The second-order valence-electron chi connectivity index (χ2n) is 9.26. The number of aromatic nitrogens is 2. The molecular formula is C21H30N4O2. The molecule has 3 saturated heterocycles. The molecule has 3 aliphatic heterocycles. The monoisotopic (exact) mass is 370 g/mol. The van der Waals surface area contributed by atoms with E-state index in [2.05, 4.69) is 23.6 Å². The van der Waals surface area contributed by atoms with Crippen LogP contribution in [0.2, 0.25) is 0 Å². The molecule has 0 radical (unpaired) electrons. The largest absolute Gasteiger partial charge is 0.481 e. The molecule has 4 atom stereocenters. The lowest BCUT2D eigenvalue weighted by molar-refractivity contribution is -0.141. The van der Waals surface area contributed by atoms with Crippen molar-refractivity contribution in [2.45, 2.75) is 64.3 Å². The van der Waals surface area contributed by atoms with Crippen molar-refractivity contribution in [2.75, 3.05) is 29.4 Å². The maximum Gasteiger partial charge on any atom is 0.303 e. The van der Waals surface area contributed by atoms with Crippen molar-refractivity contribution in [3.05, 3.63) is 11.3 Å². The molecule has 6 rings (SSSR count). The number of hydrogen-bond donors (Lipinski definition) is 1. The van der Waals surface area contributed by atoms with Crippen LogP contribution in [0.3, 0.4) is 0 Å². The molecule has 1 saturated carbocycles. The van der Waals surface area contributed by atoms with E-state index in [-0.39, 0.29) is 0 Å². The lowest BCUT2D eigenvalue weighted by Gasteiger charge is -2.54. The third-order valence-corrected chi connectivity index (χ3v) is 7.55. The number of carboxylic acids is 1. The van der Waals surface area contributed by atoms with E-state index in [9.17, 15) is 9.90 Å². The lowest BCUT2D eigenvalue weighted by Crippen LogP contribution is -2.56. The Labute approximate surface area is 161 Å². The molecule has 4 fully saturated rings. The Morgan fingerprint density at radius 3 is 2.59 bits per heavy atom. The van der Waals surface area contributed by atoms with Crippen LogP contribution in [-0.4, -0.2) is 46.7 Å². The van der Waals surface area contributed by atoms with E-state index in [1.807, 2.05) is 0 Å². The summed E-state index contributed by atoms with van der Waals surface area (Å²) in [5.41, 5.74) is 2.63. The summed E-state index contributed by atoms with van der Waals surface area (Å²) in [5, 5.41) is 9.19. The van der Waals surface area contributed by atoms with Gasteiger partial charge in [-0.05, 0) is 62.7 Å². The summed E-state index contributed by atoms with van der Waals surface area (Å²) in [5.74, 6) is 3.32. The number of rotatable bonds is 4. The van der Waals surface area contributed by atoms with Crippen molar-refractivity contribution in [3.8, 4) is 0 Å². The van der Waals surface area contributed by atoms with Gasteiger partial charge in [0.15, 0.2) is 0 Å². The standard InChI is InChI=1S/C21H30N4O2/c1-12-4-3-5-16-19(12)22-21(25-7-6-13(25)2)23-20(16)24-10-14-8-15(11-24)17(14)9-18(26)27/h12-15,17H,3-11H2,1-2H3,(H,26,27). The lowest BCUT2D eigenvalue weighted by atomic mass is 9.60. The molecule has 0 amide bonds. The maximum absolute atomic E-state index is 11.2. The molecule has 2 aliphatic carbocycles. The minimum Gasteiger partial charge on any atom is -0.481 e. The molecule has 0 spiro atoms. The predicted molar refractivity (Wildman–Crippen MR) is 104 cm³/mol. The van der Waals surface area contributed by atoms with Crippen LogP contribution >= 0.6 is 0 Å². The van der Waals surface area contributed by atoms with Gasteiger partial charge in [0.25, 0.3) is 0 Å². The van der Waals surface area contributed by atoms with Gasteiger partial charge in [0, 0.05) is 37.7 Å². The molecule has 0 aromatic carbocycles. The zero-order chi connectivity index (χ0) is 18.7. The van der Waals surface area contributed by atoms with E-state index in [1.54, 1.807) is 0 Å². The van der Waals surface area contributed by atoms with Gasteiger partial charge in [-0.1, -0.05) is 6.92 Å². The first-order valence-electron chi connectivity index (χ1n) is 10.7. The van der Waals surface area contributed by atoms with Gasteiger partial charge in [0.05, 0.1) is 5.69 Å². The average molecular weight is 370 g/mol. The zero-order valence-electron chi connectivity index (χ0n) is 16.4. The Hall–Kier alpha value is -1.85. The van der Waals surface area contributed by atoms with Crippen molar-refractivity contribution in [3.63, 3.8) is 0 Å². The number of anilines is 2. The average Bonchev–Trinajstić information content (AvgIpc) is 2.65. The van der Waals surface area contributed by atoms with Crippen molar-refractivity contribution in [2.24, 2.45) is 17.8 Å². The third kappa shape index (κ3) is 2.79. The van der Waals surface area contributed by atoms with Gasteiger partial charge in [-0.2, -0.15) is 4.98 Å². The van der Waals surface area contributed by atoms with E-state index in [0.717, 1.165) is 37.8 Å². The van der Waals surface area contributed by atoms with Crippen LogP contribution in [0.1, 0.15) is 63.1 Å². The SMILES string of the molecule is CC1CCCc2c1nc(N1CCC1C)nc2N1CC2CC(C1)C2CC(=O)O. The highest BCUT2D eigenvalue weighted by molar-refractivity contribution is 5.67. The molecule has 6 nitrogen and oxygen atoms in total. The Bertz CT molecular complexity index is 755. The number of fused-ring (bicyclic) bond motifs is 3. The van der Waals surface area contributed by atoms with E-state index in [0.29, 0.717) is 36.1 Å². The number of carboxylic acid groups (broad SMARTS) is 1. The fourth-order valence-corrected chi connectivity index (χ4v) is 5.75. The highest BCUT2D eigenvalue weighted by Crippen LogP contribution is 2.49. The van der Waals surface area contributed by atoms with Crippen LogP contribution in [0.15, 0.2) is 0 Å². The Morgan fingerprint density at radius 2 is 1.96 bits per heavy atom. The number of hydrogen-bond acceptors (Lipinski definition) is 5. The molecule has 27 heavy (non-hydrogen) atoms. The molecule has 2 bridgehead atoms. The van der Waals surface area contributed by atoms with Gasteiger partial charge in [-0.3, -0.25) is 4.79 Å². The molecular weight excluding hydrogens is 340 g/mol. The van der Waals surface area contributed by atoms with Gasteiger partial charge in [0.2, 0.25) is 5.95 Å². The topological polar surface area (TPSA) is 69.6 Å². The van der Waals surface area contributed by atoms with Crippen molar-refractivity contribution >= 4 is 17.7 Å². The fraction of sp³-hybridized carbons (Fsp3) is 0.762. The summed E-state index contributed by atoms with van der Waals surface area (Å²) in [6.07, 6.45) is 6.24. The first kappa shape index (κ1) is 17.3. The molecule has 5 aliphatic rings. The summed E-state index contributed by atoms with van der Waals surface area (Å²) < 4.78 is 0. The van der Waals surface area contributed by atoms with Crippen LogP contribution in [0.5, 0.6) is 0 Å². The number of piperidine rings is 2. The quantitative estimate of drug-likeness (QED) is 0.878. The molecule has 1 aromatic rings. The smallest absolute Gasteiger partial charge is 0.303 e. The fourth-order valence-electron chi connectivity index (χ4n) is 5.75. The first-order valence-corrected chi connectivity index (χ1v) is 10.7. The summed E-state index contributed by atoms with van der Waals surface area (Å²) in [6, 6.07) is 0.532. The first-order chi connectivity index (χ1) is 13.0. The molecule has 4 heterocycles. The summed E-state index contributed by atoms with van der Waals surface area (Å²) >= 11 is 0.